The number of halogens is 2. The third-order valence-electron chi connectivity index (χ3n) is 4.39. The Morgan fingerprint density at radius 3 is 2.62 bits per heavy atom. The maximum atomic E-state index is 6.16. The van der Waals surface area contributed by atoms with Gasteiger partial charge in [-0.05, 0) is 24.9 Å². The maximum absolute atomic E-state index is 6.16. The number of piperidine rings is 1. The molecule has 1 saturated heterocycles. The molecule has 24 heavy (non-hydrogen) atoms. The quantitative estimate of drug-likeness (QED) is 0.729. The fraction of sp³-hybridized carbons (Fsp3) is 0.294. The van der Waals surface area contributed by atoms with E-state index in [9.17, 15) is 0 Å². The van der Waals surface area contributed by atoms with E-state index in [1.54, 1.807) is 6.33 Å². The Bertz CT molecular complexity index is 797. The molecule has 3 aromatic rings. The van der Waals surface area contributed by atoms with Crippen LogP contribution < -0.4 is 11.1 Å². The van der Waals surface area contributed by atoms with Gasteiger partial charge in [0.25, 0.3) is 0 Å². The average Bonchev–Trinajstić information content (AvgIpc) is 2.98. The van der Waals surface area contributed by atoms with Gasteiger partial charge in [0.05, 0.1) is 5.39 Å². The highest BCUT2D eigenvalue weighted by Gasteiger charge is 2.21. The van der Waals surface area contributed by atoms with Gasteiger partial charge in [0, 0.05) is 24.3 Å². The van der Waals surface area contributed by atoms with Crippen LogP contribution >= 0.6 is 24.8 Å². The van der Waals surface area contributed by atoms with Crippen LogP contribution in [0.4, 0.5) is 5.82 Å². The number of fused-ring (bicyclic) bond motifs is 1. The van der Waals surface area contributed by atoms with E-state index in [-0.39, 0.29) is 24.8 Å². The van der Waals surface area contributed by atoms with Gasteiger partial charge in [0.2, 0.25) is 0 Å². The van der Waals surface area contributed by atoms with Gasteiger partial charge in [-0.2, -0.15) is 0 Å². The first-order chi connectivity index (χ1) is 10.8. The maximum Gasteiger partial charge on any atom is 0.146 e. The van der Waals surface area contributed by atoms with Crippen LogP contribution in [0, 0.1) is 0 Å². The summed E-state index contributed by atoms with van der Waals surface area (Å²) in [6, 6.07) is 10.7. The molecule has 1 unspecified atom stereocenters. The van der Waals surface area contributed by atoms with Crippen molar-refractivity contribution in [2.24, 2.45) is 0 Å². The third kappa shape index (κ3) is 3.20. The Morgan fingerprint density at radius 1 is 1.12 bits per heavy atom. The Morgan fingerprint density at radius 2 is 1.92 bits per heavy atom. The second-order valence-corrected chi connectivity index (χ2v) is 5.77. The first-order valence-electron chi connectivity index (χ1n) is 7.72. The highest BCUT2D eigenvalue weighted by Crippen LogP contribution is 2.35. The van der Waals surface area contributed by atoms with Crippen LogP contribution in [0.1, 0.15) is 18.9 Å². The fourth-order valence-corrected chi connectivity index (χ4v) is 3.29. The molecule has 0 aliphatic carbocycles. The standard InChI is InChI=1S/C17H19N5.2ClH/c18-16-15-14(12-5-2-1-3-6-12)10-22(17(15)21-11-20-16)13-7-4-8-19-9-13;;/h1-3,5-6,10-11,13,19H,4,7-9H2,(H2,18,20,21);2*1H. The summed E-state index contributed by atoms with van der Waals surface area (Å²) in [7, 11) is 0. The minimum atomic E-state index is 0. The number of anilines is 1. The molecule has 0 radical (unpaired) electrons. The van der Waals surface area contributed by atoms with E-state index in [2.05, 4.69) is 38.2 Å². The molecule has 7 heteroatoms. The van der Waals surface area contributed by atoms with Crippen molar-refractivity contribution >= 4 is 41.7 Å². The molecule has 3 heterocycles. The van der Waals surface area contributed by atoms with Crippen LogP contribution in [-0.2, 0) is 0 Å². The summed E-state index contributed by atoms with van der Waals surface area (Å²) < 4.78 is 2.27. The zero-order chi connectivity index (χ0) is 14.9. The molecule has 0 bridgehead atoms. The molecule has 4 rings (SSSR count). The molecule has 0 saturated carbocycles. The number of nitrogens with two attached hydrogens (primary N) is 1. The number of hydrogen-bond acceptors (Lipinski definition) is 4. The number of nitrogen functional groups attached to an aromatic ring is 1. The molecule has 1 aromatic carbocycles. The van der Waals surface area contributed by atoms with Crippen molar-refractivity contribution in [2.75, 3.05) is 18.8 Å². The van der Waals surface area contributed by atoms with Crippen LogP contribution in [0.25, 0.3) is 22.2 Å². The van der Waals surface area contributed by atoms with E-state index in [0.29, 0.717) is 11.9 Å². The predicted molar refractivity (Wildman–Crippen MR) is 103 cm³/mol. The van der Waals surface area contributed by atoms with Gasteiger partial charge in [0.15, 0.2) is 0 Å². The molecule has 128 valence electrons. The Hall–Kier alpha value is -1.82. The number of aromatic nitrogens is 3. The predicted octanol–water partition coefficient (Wildman–Crippen LogP) is 3.45. The molecule has 0 spiro atoms. The molecule has 0 amide bonds. The summed E-state index contributed by atoms with van der Waals surface area (Å²) in [4.78, 5) is 8.70. The van der Waals surface area contributed by atoms with Crippen LogP contribution in [0.15, 0.2) is 42.9 Å². The van der Waals surface area contributed by atoms with E-state index >= 15 is 0 Å². The molecule has 3 N–H and O–H groups in total. The second-order valence-electron chi connectivity index (χ2n) is 5.77. The number of rotatable bonds is 2. The van der Waals surface area contributed by atoms with Crippen LogP contribution in [0.3, 0.4) is 0 Å². The number of nitrogens with zero attached hydrogens (tertiary/aromatic N) is 3. The Kier molecular flexibility index (Phi) is 6.04. The second kappa shape index (κ2) is 7.83. The molecule has 1 aliphatic heterocycles. The van der Waals surface area contributed by atoms with Crippen molar-refractivity contribution in [1.82, 2.24) is 19.9 Å². The summed E-state index contributed by atoms with van der Waals surface area (Å²) >= 11 is 0. The Labute approximate surface area is 153 Å². The molecule has 1 fully saturated rings. The zero-order valence-corrected chi connectivity index (χ0v) is 14.8. The summed E-state index contributed by atoms with van der Waals surface area (Å²) in [5.74, 6) is 0.548. The van der Waals surface area contributed by atoms with Crippen LogP contribution in [0.5, 0.6) is 0 Å². The minimum absolute atomic E-state index is 0. The number of hydrogen-bond donors (Lipinski definition) is 2. The van der Waals surface area contributed by atoms with Gasteiger partial charge in [-0.25, -0.2) is 9.97 Å². The zero-order valence-electron chi connectivity index (χ0n) is 13.2. The van der Waals surface area contributed by atoms with E-state index in [1.165, 1.54) is 6.42 Å². The van der Waals surface area contributed by atoms with Crippen LogP contribution in [-0.4, -0.2) is 27.6 Å². The lowest BCUT2D eigenvalue weighted by Crippen LogP contribution is -2.31. The first kappa shape index (κ1) is 18.5. The summed E-state index contributed by atoms with van der Waals surface area (Å²) in [5.41, 5.74) is 9.35. The van der Waals surface area contributed by atoms with Crippen molar-refractivity contribution in [1.29, 1.82) is 0 Å². The highest BCUT2D eigenvalue weighted by atomic mass is 35.5. The molecular formula is C17H21Cl2N5. The largest absolute Gasteiger partial charge is 0.383 e. The van der Waals surface area contributed by atoms with Gasteiger partial charge in [-0.3, -0.25) is 0 Å². The van der Waals surface area contributed by atoms with Gasteiger partial charge in [-0.1, -0.05) is 30.3 Å². The molecule has 5 nitrogen and oxygen atoms in total. The van der Waals surface area contributed by atoms with Gasteiger partial charge >= 0.3 is 0 Å². The summed E-state index contributed by atoms with van der Waals surface area (Å²) in [6.07, 6.45) is 6.09. The van der Waals surface area contributed by atoms with Gasteiger partial charge < -0.3 is 15.6 Å². The fourth-order valence-electron chi connectivity index (χ4n) is 3.29. The van der Waals surface area contributed by atoms with Crippen molar-refractivity contribution < 1.29 is 0 Å². The van der Waals surface area contributed by atoms with Gasteiger partial charge in [-0.15, -0.1) is 24.8 Å². The van der Waals surface area contributed by atoms with Crippen LogP contribution in [0.2, 0.25) is 0 Å². The van der Waals surface area contributed by atoms with Crippen molar-refractivity contribution in [3.8, 4) is 11.1 Å². The molecule has 1 atom stereocenters. The lowest BCUT2D eigenvalue weighted by atomic mass is 10.1. The highest BCUT2D eigenvalue weighted by molar-refractivity contribution is 6.00. The Balaban J connectivity index is 0.00000104. The van der Waals surface area contributed by atoms with E-state index in [0.717, 1.165) is 41.7 Å². The molecular weight excluding hydrogens is 345 g/mol. The van der Waals surface area contributed by atoms with E-state index < -0.39 is 0 Å². The first-order valence-corrected chi connectivity index (χ1v) is 7.72. The normalized spacial score (nSPS) is 17.1. The topological polar surface area (TPSA) is 68.8 Å². The number of benzene rings is 1. The smallest absolute Gasteiger partial charge is 0.146 e. The molecule has 2 aromatic heterocycles. The van der Waals surface area contributed by atoms with Crippen molar-refractivity contribution in [3.05, 3.63) is 42.9 Å². The lowest BCUT2D eigenvalue weighted by molar-refractivity contribution is 0.378. The average molecular weight is 366 g/mol. The summed E-state index contributed by atoms with van der Waals surface area (Å²) in [6.45, 7) is 2.07. The van der Waals surface area contributed by atoms with E-state index in [1.807, 2.05) is 18.2 Å². The third-order valence-corrected chi connectivity index (χ3v) is 4.39. The SMILES string of the molecule is Cl.Cl.Nc1ncnc2c1c(-c1ccccc1)cn2C1CCCNC1. The minimum Gasteiger partial charge on any atom is -0.383 e. The van der Waals surface area contributed by atoms with E-state index in [4.69, 9.17) is 5.73 Å². The summed E-state index contributed by atoms with van der Waals surface area (Å²) in [5, 5.41) is 4.42. The number of nitrogens with one attached hydrogen (secondary N) is 1. The monoisotopic (exact) mass is 365 g/mol. The van der Waals surface area contributed by atoms with Crippen molar-refractivity contribution in [2.45, 2.75) is 18.9 Å². The van der Waals surface area contributed by atoms with Gasteiger partial charge in [0.1, 0.15) is 17.8 Å². The molecule has 1 aliphatic rings. The van der Waals surface area contributed by atoms with Crippen molar-refractivity contribution in [3.63, 3.8) is 0 Å². The lowest BCUT2D eigenvalue weighted by Gasteiger charge is -2.24.